The molecule has 1 aromatic heterocycles. The molecule has 0 aliphatic carbocycles. The summed E-state index contributed by atoms with van der Waals surface area (Å²) in [5.41, 5.74) is -3.11. The lowest BCUT2D eigenvalue weighted by molar-refractivity contribution is -0.387. The van der Waals surface area contributed by atoms with Crippen LogP contribution in [-0.4, -0.2) is 9.91 Å². The van der Waals surface area contributed by atoms with Gasteiger partial charge in [-0.15, -0.1) is 0 Å². The number of aromatic nitrogens is 1. The number of aromatic amines is 1. The summed E-state index contributed by atoms with van der Waals surface area (Å²) in [6.07, 6.45) is -2.30. The number of hydrogen-bond donors (Lipinski definition) is 1. The van der Waals surface area contributed by atoms with E-state index in [1.165, 1.54) is 0 Å². The number of halogens is 3. The second kappa shape index (κ2) is 3.82. The second-order valence-corrected chi connectivity index (χ2v) is 3.09. The lowest BCUT2D eigenvalue weighted by Gasteiger charge is -1.99. The fourth-order valence-corrected chi connectivity index (χ4v) is 1.28. The molecule has 0 bridgehead atoms. The minimum Gasteiger partial charge on any atom is -0.350 e. The van der Waals surface area contributed by atoms with Crippen LogP contribution in [0.15, 0.2) is 15.6 Å². The largest absolute Gasteiger partial charge is 0.350 e. The molecular formula is C6H3BrF2N2O3. The van der Waals surface area contributed by atoms with Crippen LogP contribution in [0.25, 0.3) is 0 Å². The molecule has 0 aromatic carbocycles. The van der Waals surface area contributed by atoms with E-state index in [0.29, 0.717) is 0 Å². The Labute approximate surface area is 84.0 Å². The first kappa shape index (κ1) is 10.8. The quantitative estimate of drug-likeness (QED) is 0.506. The predicted molar refractivity (Wildman–Crippen MR) is 46.4 cm³/mol. The molecule has 0 aliphatic heterocycles. The van der Waals surface area contributed by atoms with E-state index in [2.05, 4.69) is 20.9 Å². The highest BCUT2D eigenvalue weighted by Crippen LogP contribution is 2.22. The van der Waals surface area contributed by atoms with Crippen molar-refractivity contribution >= 4 is 21.6 Å². The Morgan fingerprint density at radius 3 is 2.57 bits per heavy atom. The monoisotopic (exact) mass is 268 g/mol. The molecule has 76 valence electrons. The van der Waals surface area contributed by atoms with Crippen LogP contribution < -0.4 is 5.43 Å². The first-order valence-electron chi connectivity index (χ1n) is 3.28. The van der Waals surface area contributed by atoms with E-state index in [1.807, 2.05) is 0 Å². The van der Waals surface area contributed by atoms with Crippen molar-refractivity contribution in [2.24, 2.45) is 0 Å². The van der Waals surface area contributed by atoms with Gasteiger partial charge in [0.15, 0.2) is 4.60 Å². The van der Waals surface area contributed by atoms with Gasteiger partial charge < -0.3 is 4.98 Å². The summed E-state index contributed by atoms with van der Waals surface area (Å²) in [5, 5.41) is 10.3. The van der Waals surface area contributed by atoms with Gasteiger partial charge in [-0.05, 0) is 15.9 Å². The van der Waals surface area contributed by atoms with Crippen LogP contribution in [0.3, 0.4) is 0 Å². The number of nitrogens with one attached hydrogen (secondary N) is 1. The predicted octanol–water partition coefficient (Wildman–Crippen LogP) is 1.98. The van der Waals surface area contributed by atoms with Crippen molar-refractivity contribution < 1.29 is 13.7 Å². The molecule has 1 aromatic rings. The van der Waals surface area contributed by atoms with Crippen molar-refractivity contribution in [1.29, 1.82) is 0 Å². The number of nitrogens with zero attached hydrogens (tertiary/aromatic N) is 1. The fraction of sp³-hybridized carbons (Fsp3) is 0.167. The summed E-state index contributed by atoms with van der Waals surface area (Å²) in [5.74, 6) is 0. The van der Waals surface area contributed by atoms with Gasteiger partial charge in [0.25, 0.3) is 11.9 Å². The molecule has 0 fully saturated rings. The van der Waals surface area contributed by atoms with Gasteiger partial charge in [0.1, 0.15) is 0 Å². The Bertz CT molecular complexity index is 432. The molecule has 14 heavy (non-hydrogen) atoms. The Morgan fingerprint density at radius 1 is 1.57 bits per heavy atom. The molecule has 0 spiro atoms. The molecule has 0 radical (unpaired) electrons. The third-order valence-corrected chi connectivity index (χ3v) is 2.06. The van der Waals surface area contributed by atoms with E-state index in [4.69, 9.17) is 0 Å². The van der Waals surface area contributed by atoms with Crippen molar-refractivity contribution in [2.75, 3.05) is 0 Å². The van der Waals surface area contributed by atoms with Crippen LogP contribution in [0, 0.1) is 10.1 Å². The molecule has 0 saturated carbocycles. The van der Waals surface area contributed by atoms with Crippen molar-refractivity contribution in [3.8, 4) is 0 Å². The second-order valence-electron chi connectivity index (χ2n) is 2.29. The smallest absolute Gasteiger partial charge is 0.347 e. The van der Waals surface area contributed by atoms with Crippen molar-refractivity contribution in [3.63, 3.8) is 0 Å². The topological polar surface area (TPSA) is 76.0 Å². The highest BCUT2D eigenvalue weighted by atomic mass is 79.9. The molecule has 1 rings (SSSR count). The van der Waals surface area contributed by atoms with E-state index in [9.17, 15) is 23.7 Å². The van der Waals surface area contributed by atoms with E-state index in [1.54, 1.807) is 0 Å². The number of alkyl halides is 2. The number of pyridine rings is 1. The van der Waals surface area contributed by atoms with Gasteiger partial charge in [-0.2, -0.15) is 0 Å². The first-order chi connectivity index (χ1) is 6.45. The summed E-state index contributed by atoms with van der Waals surface area (Å²) in [7, 11) is 0. The molecule has 0 aliphatic rings. The average Bonchev–Trinajstić information content (AvgIpc) is 2.02. The van der Waals surface area contributed by atoms with Gasteiger partial charge in [0, 0.05) is 6.20 Å². The Balaban J connectivity index is 3.50. The molecule has 0 saturated heterocycles. The summed E-state index contributed by atoms with van der Waals surface area (Å²) in [6, 6.07) is 0. The zero-order valence-electron chi connectivity index (χ0n) is 6.46. The van der Waals surface area contributed by atoms with Gasteiger partial charge in [-0.25, -0.2) is 8.78 Å². The van der Waals surface area contributed by atoms with Gasteiger partial charge in [-0.1, -0.05) is 0 Å². The van der Waals surface area contributed by atoms with Gasteiger partial charge >= 0.3 is 5.69 Å². The summed E-state index contributed by atoms with van der Waals surface area (Å²) >= 11 is 2.69. The Morgan fingerprint density at radius 2 is 2.14 bits per heavy atom. The van der Waals surface area contributed by atoms with E-state index < -0.39 is 28.0 Å². The Hall–Kier alpha value is -1.31. The first-order valence-corrected chi connectivity index (χ1v) is 4.08. The Kier molecular flexibility index (Phi) is 2.94. The summed E-state index contributed by atoms with van der Waals surface area (Å²) in [6.45, 7) is 0. The summed E-state index contributed by atoms with van der Waals surface area (Å²) in [4.78, 5) is 22.6. The van der Waals surface area contributed by atoms with Crippen LogP contribution in [0.2, 0.25) is 0 Å². The maximum atomic E-state index is 12.1. The van der Waals surface area contributed by atoms with Crippen LogP contribution >= 0.6 is 15.9 Å². The maximum Gasteiger partial charge on any atom is 0.347 e. The standard InChI is InChI=1S/C6H3BrF2N2O3/c7-5-3(11(13)14)4(12)2(1-10-5)6(8)9/h1,6H,(H,10,12). The minimum atomic E-state index is -3.04. The van der Waals surface area contributed by atoms with Gasteiger partial charge in [0.05, 0.1) is 10.5 Å². The molecule has 0 amide bonds. The molecule has 1 N–H and O–H groups in total. The van der Waals surface area contributed by atoms with Crippen LogP contribution in [0.4, 0.5) is 14.5 Å². The summed E-state index contributed by atoms with van der Waals surface area (Å²) < 4.78 is 24.1. The van der Waals surface area contributed by atoms with Gasteiger partial charge in [0.2, 0.25) is 0 Å². The zero-order chi connectivity index (χ0) is 10.9. The maximum absolute atomic E-state index is 12.1. The lowest BCUT2D eigenvalue weighted by atomic mass is 10.2. The van der Waals surface area contributed by atoms with Crippen molar-refractivity contribution in [2.45, 2.75) is 6.43 Å². The number of hydrogen-bond acceptors (Lipinski definition) is 3. The number of nitro groups is 1. The molecule has 1 heterocycles. The highest BCUT2D eigenvalue weighted by molar-refractivity contribution is 9.10. The van der Waals surface area contributed by atoms with Crippen LogP contribution in [0.5, 0.6) is 0 Å². The van der Waals surface area contributed by atoms with E-state index in [-0.39, 0.29) is 4.60 Å². The van der Waals surface area contributed by atoms with Crippen molar-refractivity contribution in [3.05, 3.63) is 36.7 Å². The fourth-order valence-electron chi connectivity index (χ4n) is 0.837. The molecule has 0 unspecified atom stereocenters. The molecule has 5 nitrogen and oxygen atoms in total. The number of H-pyrrole nitrogens is 1. The lowest BCUT2D eigenvalue weighted by Crippen LogP contribution is -2.15. The van der Waals surface area contributed by atoms with Crippen molar-refractivity contribution in [1.82, 2.24) is 4.98 Å². The normalized spacial score (nSPS) is 10.6. The van der Waals surface area contributed by atoms with Crippen LogP contribution in [-0.2, 0) is 0 Å². The molecule has 0 atom stereocenters. The van der Waals surface area contributed by atoms with Gasteiger partial charge in [-0.3, -0.25) is 14.9 Å². The minimum absolute atomic E-state index is 0.225. The SMILES string of the molecule is O=c1c(C(F)F)c[nH]c(Br)c1[N+](=O)[O-]. The average molecular weight is 269 g/mol. The van der Waals surface area contributed by atoms with E-state index >= 15 is 0 Å². The van der Waals surface area contributed by atoms with Crippen LogP contribution in [0.1, 0.15) is 12.0 Å². The highest BCUT2D eigenvalue weighted by Gasteiger charge is 2.24. The third kappa shape index (κ3) is 1.79. The van der Waals surface area contributed by atoms with E-state index in [0.717, 1.165) is 6.20 Å². The molecular weight excluding hydrogens is 266 g/mol. The zero-order valence-corrected chi connectivity index (χ0v) is 8.05. The third-order valence-electron chi connectivity index (χ3n) is 1.46. The number of rotatable bonds is 2. The molecule has 8 heteroatoms.